The van der Waals surface area contributed by atoms with Crippen LogP contribution in [0.5, 0.6) is 0 Å². The lowest BCUT2D eigenvalue weighted by Crippen LogP contribution is -2.45. The lowest BCUT2D eigenvalue weighted by Gasteiger charge is -2.33. The minimum Gasteiger partial charge on any atom is -0.369 e. The molecular formula is C15H21N3OS. The maximum absolute atomic E-state index is 11.3. The van der Waals surface area contributed by atoms with Gasteiger partial charge in [-0.3, -0.25) is 4.79 Å². The highest BCUT2D eigenvalue weighted by Gasteiger charge is 2.25. The molecule has 1 amide bonds. The van der Waals surface area contributed by atoms with Crippen molar-refractivity contribution in [3.05, 3.63) is 29.3 Å². The summed E-state index contributed by atoms with van der Waals surface area (Å²) in [5.41, 5.74) is 8.78. The van der Waals surface area contributed by atoms with Crippen LogP contribution in [0, 0.1) is 19.8 Å². The number of hydrogen-bond acceptors (Lipinski definition) is 2. The summed E-state index contributed by atoms with van der Waals surface area (Å²) in [6, 6.07) is 6.25. The minimum absolute atomic E-state index is 0.0947. The zero-order valence-corrected chi connectivity index (χ0v) is 12.8. The van der Waals surface area contributed by atoms with Crippen LogP contribution in [0.25, 0.3) is 0 Å². The number of rotatable bonds is 2. The highest BCUT2D eigenvalue weighted by atomic mass is 32.1. The van der Waals surface area contributed by atoms with Gasteiger partial charge in [0.15, 0.2) is 5.11 Å². The van der Waals surface area contributed by atoms with Gasteiger partial charge in [0.1, 0.15) is 0 Å². The van der Waals surface area contributed by atoms with E-state index in [1.54, 1.807) is 0 Å². The Morgan fingerprint density at radius 2 is 2.00 bits per heavy atom. The van der Waals surface area contributed by atoms with Gasteiger partial charge in [-0.2, -0.15) is 0 Å². The second-order valence-electron chi connectivity index (χ2n) is 5.49. The molecular weight excluding hydrogens is 270 g/mol. The number of nitrogens with one attached hydrogen (secondary N) is 1. The summed E-state index contributed by atoms with van der Waals surface area (Å²) in [4.78, 5) is 13.3. The molecule has 0 aromatic heterocycles. The average molecular weight is 291 g/mol. The Kier molecular flexibility index (Phi) is 4.60. The molecule has 5 heteroatoms. The number of benzene rings is 1. The molecule has 1 aromatic carbocycles. The number of carbonyl (C=O) groups excluding carboxylic acids is 1. The van der Waals surface area contributed by atoms with Crippen molar-refractivity contribution in [2.24, 2.45) is 11.7 Å². The average Bonchev–Trinajstić information content (AvgIpc) is 2.37. The summed E-state index contributed by atoms with van der Waals surface area (Å²) in [7, 11) is 0. The number of piperidine rings is 1. The predicted molar refractivity (Wildman–Crippen MR) is 85.6 cm³/mol. The van der Waals surface area contributed by atoms with Crippen LogP contribution in [0.1, 0.15) is 24.0 Å². The number of nitrogens with two attached hydrogens (primary N) is 1. The van der Waals surface area contributed by atoms with Gasteiger partial charge in [-0.1, -0.05) is 6.07 Å². The lowest BCUT2D eigenvalue weighted by molar-refractivity contribution is -0.122. The number of carbonyl (C=O) groups is 1. The van der Waals surface area contributed by atoms with Gasteiger partial charge in [0, 0.05) is 18.8 Å². The quantitative estimate of drug-likeness (QED) is 0.820. The molecule has 1 saturated heterocycles. The molecule has 0 spiro atoms. The van der Waals surface area contributed by atoms with Crippen molar-refractivity contribution in [3.63, 3.8) is 0 Å². The third-order valence-corrected chi connectivity index (χ3v) is 3.94. The molecule has 4 nitrogen and oxygen atoms in total. The van der Waals surface area contributed by atoms with Crippen LogP contribution in [0.3, 0.4) is 0 Å². The fraction of sp³-hybridized carbons (Fsp3) is 0.467. The van der Waals surface area contributed by atoms with Crippen LogP contribution in [-0.4, -0.2) is 29.0 Å². The first-order valence-electron chi connectivity index (χ1n) is 6.89. The Morgan fingerprint density at radius 3 is 2.60 bits per heavy atom. The summed E-state index contributed by atoms with van der Waals surface area (Å²) < 4.78 is 0. The van der Waals surface area contributed by atoms with Crippen molar-refractivity contribution in [1.29, 1.82) is 0 Å². The third-order valence-electron chi connectivity index (χ3n) is 3.58. The molecule has 2 rings (SSSR count). The number of hydrogen-bond donors (Lipinski definition) is 2. The molecule has 1 atom stereocenters. The molecule has 1 aromatic rings. The van der Waals surface area contributed by atoms with Gasteiger partial charge in [0.2, 0.25) is 5.91 Å². The molecule has 0 saturated carbocycles. The topological polar surface area (TPSA) is 58.4 Å². The second kappa shape index (κ2) is 6.22. The summed E-state index contributed by atoms with van der Waals surface area (Å²) in [6.07, 6.45) is 1.81. The first-order chi connectivity index (χ1) is 9.45. The fourth-order valence-electron chi connectivity index (χ4n) is 2.64. The summed E-state index contributed by atoms with van der Waals surface area (Å²) in [5, 5.41) is 3.93. The smallest absolute Gasteiger partial charge is 0.222 e. The number of amides is 1. The molecule has 0 bridgehead atoms. The van der Waals surface area contributed by atoms with E-state index in [2.05, 4.69) is 37.4 Å². The Labute approximate surface area is 125 Å². The van der Waals surface area contributed by atoms with Gasteiger partial charge in [-0.15, -0.1) is 0 Å². The first-order valence-corrected chi connectivity index (χ1v) is 7.30. The number of thiocarbonyl (C=S) groups is 1. The Bertz CT molecular complexity index is 510. The van der Waals surface area contributed by atoms with E-state index in [-0.39, 0.29) is 11.8 Å². The molecule has 1 aliphatic heterocycles. The second-order valence-corrected chi connectivity index (χ2v) is 5.88. The highest BCUT2D eigenvalue weighted by Crippen LogP contribution is 2.19. The van der Waals surface area contributed by atoms with E-state index in [0.29, 0.717) is 11.7 Å². The molecule has 1 aliphatic rings. The SMILES string of the molecule is Cc1cc(C)cc(NC(=S)N2CCCC(C(N)=O)C2)c1. The zero-order chi connectivity index (χ0) is 14.7. The van der Waals surface area contributed by atoms with Crippen LogP contribution in [-0.2, 0) is 4.79 Å². The molecule has 1 fully saturated rings. The predicted octanol–water partition coefficient (Wildman–Crippen LogP) is 2.20. The molecule has 108 valence electrons. The molecule has 1 unspecified atom stereocenters. The Hall–Kier alpha value is -1.62. The van der Waals surface area contributed by atoms with Crippen molar-refractivity contribution < 1.29 is 4.79 Å². The first kappa shape index (κ1) is 14.8. The largest absolute Gasteiger partial charge is 0.369 e. The van der Waals surface area contributed by atoms with Gasteiger partial charge in [-0.25, -0.2) is 0 Å². The van der Waals surface area contributed by atoms with Gasteiger partial charge in [0.25, 0.3) is 0 Å². The van der Waals surface area contributed by atoms with Crippen LogP contribution >= 0.6 is 12.2 Å². The van der Waals surface area contributed by atoms with Gasteiger partial charge >= 0.3 is 0 Å². The van der Waals surface area contributed by atoms with Crippen LogP contribution in [0.2, 0.25) is 0 Å². The van der Waals surface area contributed by atoms with Crippen molar-refractivity contribution in [2.45, 2.75) is 26.7 Å². The van der Waals surface area contributed by atoms with Crippen molar-refractivity contribution >= 4 is 28.9 Å². The highest BCUT2D eigenvalue weighted by molar-refractivity contribution is 7.80. The van der Waals surface area contributed by atoms with Crippen LogP contribution in [0.4, 0.5) is 5.69 Å². The molecule has 1 heterocycles. The van der Waals surface area contributed by atoms with E-state index in [9.17, 15) is 4.79 Å². The van der Waals surface area contributed by atoms with Gasteiger partial charge in [-0.05, 0) is 62.2 Å². The number of anilines is 1. The van der Waals surface area contributed by atoms with E-state index >= 15 is 0 Å². The van der Waals surface area contributed by atoms with E-state index < -0.39 is 0 Å². The maximum atomic E-state index is 11.3. The summed E-state index contributed by atoms with van der Waals surface area (Å²) in [5.74, 6) is -0.327. The Morgan fingerprint density at radius 1 is 1.35 bits per heavy atom. The normalized spacial score (nSPS) is 18.7. The number of aryl methyl sites for hydroxylation is 2. The zero-order valence-electron chi connectivity index (χ0n) is 12.0. The molecule has 0 radical (unpaired) electrons. The van der Waals surface area contributed by atoms with Crippen molar-refractivity contribution in [2.75, 3.05) is 18.4 Å². The molecule has 3 N–H and O–H groups in total. The molecule has 0 aliphatic carbocycles. The lowest BCUT2D eigenvalue weighted by atomic mass is 9.98. The van der Waals surface area contributed by atoms with Crippen molar-refractivity contribution in [1.82, 2.24) is 4.90 Å². The number of likely N-dealkylation sites (tertiary alicyclic amines) is 1. The van der Waals surface area contributed by atoms with Crippen molar-refractivity contribution in [3.8, 4) is 0 Å². The third kappa shape index (κ3) is 3.70. The fourth-order valence-corrected chi connectivity index (χ4v) is 2.93. The summed E-state index contributed by atoms with van der Waals surface area (Å²) >= 11 is 5.44. The standard InChI is InChI=1S/C15H21N3OS/c1-10-6-11(2)8-13(7-10)17-15(20)18-5-3-4-12(9-18)14(16)19/h6-8,12H,3-5,9H2,1-2H3,(H2,16,19)(H,17,20). The van der Waals surface area contributed by atoms with Gasteiger partial charge < -0.3 is 16.0 Å². The Balaban J connectivity index is 2.02. The van der Waals surface area contributed by atoms with E-state index in [1.807, 2.05) is 4.90 Å². The molecule has 20 heavy (non-hydrogen) atoms. The van der Waals surface area contributed by atoms with Crippen LogP contribution < -0.4 is 11.1 Å². The van der Waals surface area contributed by atoms with Gasteiger partial charge in [0.05, 0.1) is 5.92 Å². The van der Waals surface area contributed by atoms with E-state index in [0.717, 1.165) is 25.1 Å². The van der Waals surface area contributed by atoms with E-state index in [4.69, 9.17) is 18.0 Å². The number of primary amides is 1. The minimum atomic E-state index is -0.232. The maximum Gasteiger partial charge on any atom is 0.222 e. The monoisotopic (exact) mass is 291 g/mol. The summed E-state index contributed by atoms with van der Waals surface area (Å²) in [6.45, 7) is 5.61. The number of nitrogens with zero attached hydrogens (tertiary/aromatic N) is 1. The van der Waals surface area contributed by atoms with Crippen LogP contribution in [0.15, 0.2) is 18.2 Å². The van der Waals surface area contributed by atoms with E-state index in [1.165, 1.54) is 11.1 Å².